The van der Waals surface area contributed by atoms with E-state index in [1.165, 1.54) is 0 Å². The zero-order chi connectivity index (χ0) is 25.8. The Hall–Kier alpha value is -3.33. The minimum Gasteiger partial charge on any atom is -0.338 e. The van der Waals surface area contributed by atoms with E-state index in [1.54, 1.807) is 42.5 Å². The van der Waals surface area contributed by atoms with Gasteiger partial charge >= 0.3 is 0 Å². The molecular formula is C28H24BrClN4O3. The van der Waals surface area contributed by atoms with E-state index in [-0.39, 0.29) is 17.6 Å². The van der Waals surface area contributed by atoms with E-state index in [0.29, 0.717) is 46.6 Å². The molecule has 9 heteroatoms. The van der Waals surface area contributed by atoms with Gasteiger partial charge in [0.1, 0.15) is 0 Å². The van der Waals surface area contributed by atoms with Gasteiger partial charge in [0.2, 0.25) is 17.6 Å². The van der Waals surface area contributed by atoms with E-state index in [0.717, 1.165) is 29.4 Å². The van der Waals surface area contributed by atoms with Crippen molar-refractivity contribution in [1.29, 1.82) is 0 Å². The molecule has 37 heavy (non-hydrogen) atoms. The lowest BCUT2D eigenvalue weighted by molar-refractivity contribution is -0.121. The summed E-state index contributed by atoms with van der Waals surface area (Å²) in [7, 11) is 0. The van der Waals surface area contributed by atoms with Gasteiger partial charge in [-0.2, -0.15) is 4.98 Å². The number of ketones is 1. The summed E-state index contributed by atoms with van der Waals surface area (Å²) in [5, 5.41) is 7.51. The molecule has 0 bridgehead atoms. The van der Waals surface area contributed by atoms with Crippen LogP contribution in [0.4, 0.5) is 5.69 Å². The van der Waals surface area contributed by atoms with Crippen LogP contribution in [-0.4, -0.2) is 39.8 Å². The molecular weight excluding hydrogens is 556 g/mol. The highest BCUT2D eigenvalue weighted by molar-refractivity contribution is 9.10. The van der Waals surface area contributed by atoms with Gasteiger partial charge in [-0.1, -0.05) is 63.0 Å². The van der Waals surface area contributed by atoms with Crippen LogP contribution in [0, 0.1) is 5.92 Å². The van der Waals surface area contributed by atoms with Crippen LogP contribution < -0.4 is 5.32 Å². The van der Waals surface area contributed by atoms with E-state index >= 15 is 0 Å². The van der Waals surface area contributed by atoms with Crippen molar-refractivity contribution in [2.24, 2.45) is 5.92 Å². The van der Waals surface area contributed by atoms with Crippen molar-refractivity contribution in [3.63, 3.8) is 0 Å². The largest absolute Gasteiger partial charge is 0.338 e. The third-order valence-electron chi connectivity index (χ3n) is 6.33. The van der Waals surface area contributed by atoms with Crippen molar-refractivity contribution in [2.75, 3.05) is 18.4 Å². The molecule has 0 radical (unpaired) electrons. The Morgan fingerprint density at radius 1 is 1.08 bits per heavy atom. The van der Waals surface area contributed by atoms with Gasteiger partial charge in [-0.25, -0.2) is 0 Å². The summed E-state index contributed by atoms with van der Waals surface area (Å²) in [6.45, 7) is 1.85. The molecule has 1 atom stereocenters. The molecule has 0 spiro atoms. The van der Waals surface area contributed by atoms with Crippen molar-refractivity contribution in [3.05, 3.63) is 99.3 Å². The maximum atomic E-state index is 13.2. The van der Waals surface area contributed by atoms with Gasteiger partial charge < -0.3 is 9.84 Å². The minimum absolute atomic E-state index is 0.129. The number of rotatable bonds is 7. The smallest absolute Gasteiger partial charge is 0.241 e. The maximum absolute atomic E-state index is 13.2. The number of halogens is 2. The lowest BCUT2D eigenvalue weighted by Gasteiger charge is -2.31. The van der Waals surface area contributed by atoms with Crippen LogP contribution in [0.15, 0.2) is 81.8 Å². The van der Waals surface area contributed by atoms with Gasteiger partial charge in [0.25, 0.3) is 0 Å². The molecule has 4 aromatic rings. The number of anilines is 1. The zero-order valence-electron chi connectivity index (χ0n) is 19.9. The van der Waals surface area contributed by atoms with E-state index in [4.69, 9.17) is 16.1 Å². The number of nitrogens with one attached hydrogen (secondary N) is 1. The highest BCUT2D eigenvalue weighted by atomic mass is 79.9. The van der Waals surface area contributed by atoms with E-state index in [9.17, 15) is 9.59 Å². The predicted octanol–water partition coefficient (Wildman–Crippen LogP) is 6.23. The Morgan fingerprint density at radius 2 is 1.86 bits per heavy atom. The van der Waals surface area contributed by atoms with Crippen LogP contribution in [0.25, 0.3) is 11.4 Å². The minimum atomic E-state index is -0.238. The Bertz CT molecular complexity index is 1410. The maximum Gasteiger partial charge on any atom is 0.241 e. The van der Waals surface area contributed by atoms with Crippen molar-refractivity contribution in [2.45, 2.75) is 19.4 Å². The van der Waals surface area contributed by atoms with Crippen LogP contribution in [0.5, 0.6) is 0 Å². The standard InChI is InChI=1S/C28H24BrClN4O3/c29-21-10-8-19(9-11-21)27-32-25(37-33-27)17-34-14-4-7-20(16-34)28(36)31-24-13-12-22(30)15-23(24)26(35)18-5-2-1-3-6-18/h1-3,5-6,8-13,15,20H,4,7,14,16-17H2,(H,31,36). The SMILES string of the molecule is O=C(c1ccccc1)c1cc(Cl)ccc1NC(=O)C1CCCN(Cc2nc(-c3ccc(Br)cc3)no2)C1. The number of likely N-dealkylation sites (tertiary alicyclic amines) is 1. The molecule has 1 aromatic heterocycles. The first-order valence-corrected chi connectivity index (χ1v) is 13.1. The number of hydrogen-bond acceptors (Lipinski definition) is 6. The summed E-state index contributed by atoms with van der Waals surface area (Å²) in [6, 6.07) is 21.6. The fourth-order valence-electron chi connectivity index (χ4n) is 4.43. The lowest BCUT2D eigenvalue weighted by Crippen LogP contribution is -2.40. The number of aromatic nitrogens is 2. The number of amides is 1. The molecule has 0 aliphatic carbocycles. The van der Waals surface area contributed by atoms with Gasteiger partial charge in [0, 0.05) is 32.7 Å². The van der Waals surface area contributed by atoms with Crippen LogP contribution in [0.2, 0.25) is 5.02 Å². The highest BCUT2D eigenvalue weighted by Gasteiger charge is 2.28. The molecule has 1 saturated heterocycles. The molecule has 3 aromatic carbocycles. The molecule has 5 rings (SSSR count). The third-order valence-corrected chi connectivity index (χ3v) is 7.09. The molecule has 0 saturated carbocycles. The Morgan fingerprint density at radius 3 is 2.65 bits per heavy atom. The average Bonchev–Trinajstić information content (AvgIpc) is 3.38. The number of benzene rings is 3. The second-order valence-electron chi connectivity index (χ2n) is 8.97. The number of hydrogen-bond donors (Lipinski definition) is 1. The summed E-state index contributed by atoms with van der Waals surface area (Å²) < 4.78 is 6.45. The second kappa shape index (κ2) is 11.4. The third kappa shape index (κ3) is 6.15. The quantitative estimate of drug-likeness (QED) is 0.261. The summed E-state index contributed by atoms with van der Waals surface area (Å²) in [5.74, 6) is 0.481. The normalized spacial score (nSPS) is 15.9. The molecule has 188 valence electrons. The average molecular weight is 580 g/mol. The fourth-order valence-corrected chi connectivity index (χ4v) is 4.87. The molecule has 7 nitrogen and oxygen atoms in total. The molecule has 1 aliphatic rings. The molecule has 1 N–H and O–H groups in total. The number of nitrogens with zero attached hydrogens (tertiary/aromatic N) is 3. The van der Waals surface area contributed by atoms with Crippen LogP contribution >= 0.6 is 27.5 Å². The van der Waals surface area contributed by atoms with Gasteiger partial charge in [0.05, 0.1) is 18.2 Å². The zero-order valence-corrected chi connectivity index (χ0v) is 22.2. The summed E-state index contributed by atoms with van der Waals surface area (Å²) in [4.78, 5) is 33.0. The first kappa shape index (κ1) is 25.3. The first-order valence-electron chi connectivity index (χ1n) is 12.0. The molecule has 1 amide bonds. The lowest BCUT2D eigenvalue weighted by atomic mass is 9.96. The molecule has 1 fully saturated rings. The van der Waals surface area contributed by atoms with Crippen LogP contribution in [0.3, 0.4) is 0 Å². The van der Waals surface area contributed by atoms with Gasteiger partial charge in [0.15, 0.2) is 5.78 Å². The van der Waals surface area contributed by atoms with Crippen molar-refractivity contribution in [1.82, 2.24) is 15.0 Å². The Kier molecular flexibility index (Phi) is 7.79. The topological polar surface area (TPSA) is 88.3 Å². The number of piperidine rings is 1. The molecule has 1 unspecified atom stereocenters. The van der Waals surface area contributed by atoms with Gasteiger partial charge in [-0.15, -0.1) is 0 Å². The van der Waals surface area contributed by atoms with Crippen molar-refractivity contribution < 1.29 is 14.1 Å². The van der Waals surface area contributed by atoms with Gasteiger partial charge in [-0.05, 0) is 61.9 Å². The number of carbonyl (C=O) groups excluding carboxylic acids is 2. The van der Waals surface area contributed by atoms with E-state index in [1.807, 2.05) is 30.3 Å². The highest BCUT2D eigenvalue weighted by Crippen LogP contribution is 2.26. The second-order valence-corrected chi connectivity index (χ2v) is 10.3. The van der Waals surface area contributed by atoms with Crippen LogP contribution in [0.1, 0.15) is 34.7 Å². The predicted molar refractivity (Wildman–Crippen MR) is 145 cm³/mol. The van der Waals surface area contributed by atoms with Gasteiger partial charge in [-0.3, -0.25) is 14.5 Å². The van der Waals surface area contributed by atoms with Crippen LogP contribution in [-0.2, 0) is 11.3 Å². The van der Waals surface area contributed by atoms with Crippen molar-refractivity contribution >= 4 is 44.9 Å². The van der Waals surface area contributed by atoms with E-state index in [2.05, 4.69) is 36.3 Å². The Balaban J connectivity index is 1.25. The Labute approximate surface area is 228 Å². The monoisotopic (exact) mass is 578 g/mol. The fraction of sp³-hybridized carbons (Fsp3) is 0.214. The summed E-state index contributed by atoms with van der Waals surface area (Å²) in [6.07, 6.45) is 1.62. The summed E-state index contributed by atoms with van der Waals surface area (Å²) in [5.41, 5.74) is 2.23. The summed E-state index contributed by atoms with van der Waals surface area (Å²) >= 11 is 9.61. The first-order chi connectivity index (χ1) is 18.0. The molecule has 2 heterocycles. The number of carbonyl (C=O) groups is 2. The molecule has 1 aliphatic heterocycles. The van der Waals surface area contributed by atoms with Crippen molar-refractivity contribution in [3.8, 4) is 11.4 Å². The van der Waals surface area contributed by atoms with E-state index < -0.39 is 0 Å².